The fraction of sp³-hybridized carbons (Fsp3) is 0.488. The number of urea groups is 1. The molecule has 2 aromatic carbocycles. The van der Waals surface area contributed by atoms with Crippen molar-refractivity contribution in [1.29, 1.82) is 0 Å². The number of nitrogens with zero attached hydrogens (tertiary/aromatic N) is 8. The second-order valence-electron chi connectivity index (χ2n) is 16.7. The molecule has 0 saturated carbocycles. The number of carbonyl (C=O) groups excluding carboxylic acids is 1. The molecule has 0 bridgehead atoms. The number of benzene rings is 2. The Morgan fingerprint density at radius 1 is 0.875 bits per heavy atom. The SMILES string of the molecule is CC1CCCCN1c1nnc2ccc(O[C@@H]3CC[C@H](NC(=O)Nc4cc(C(C)(C)C)nn4-c4cccc(OCCN5CCN(C)CC5)c4)c4ccccc43)cn12. The molecule has 2 saturated heterocycles. The van der Waals surface area contributed by atoms with Gasteiger partial charge < -0.3 is 24.6 Å². The summed E-state index contributed by atoms with van der Waals surface area (Å²) in [5, 5.41) is 20.4. The second-order valence-corrected chi connectivity index (χ2v) is 16.7. The van der Waals surface area contributed by atoms with Crippen LogP contribution in [-0.4, -0.2) is 99.2 Å². The summed E-state index contributed by atoms with van der Waals surface area (Å²) in [6, 6.07) is 22.0. The van der Waals surface area contributed by atoms with Gasteiger partial charge >= 0.3 is 6.03 Å². The predicted molar refractivity (Wildman–Crippen MR) is 219 cm³/mol. The highest BCUT2D eigenvalue weighted by Gasteiger charge is 2.31. The zero-order valence-corrected chi connectivity index (χ0v) is 33.4. The summed E-state index contributed by atoms with van der Waals surface area (Å²) in [5.41, 5.74) is 4.40. The van der Waals surface area contributed by atoms with Gasteiger partial charge in [0.2, 0.25) is 5.95 Å². The van der Waals surface area contributed by atoms with E-state index in [-0.39, 0.29) is 23.6 Å². The van der Waals surface area contributed by atoms with Gasteiger partial charge in [0.25, 0.3) is 0 Å². The summed E-state index contributed by atoms with van der Waals surface area (Å²) in [6.07, 6.45) is 6.87. The van der Waals surface area contributed by atoms with Gasteiger partial charge in [-0.2, -0.15) is 5.10 Å². The van der Waals surface area contributed by atoms with Gasteiger partial charge in [0.1, 0.15) is 30.0 Å². The van der Waals surface area contributed by atoms with Gasteiger partial charge in [0, 0.05) is 62.9 Å². The lowest BCUT2D eigenvalue weighted by molar-refractivity contribution is 0.134. The Bertz CT molecular complexity index is 2130. The molecule has 0 radical (unpaired) electrons. The lowest BCUT2D eigenvalue weighted by Gasteiger charge is -2.33. The van der Waals surface area contributed by atoms with Crippen LogP contribution in [0.5, 0.6) is 11.5 Å². The first kappa shape index (κ1) is 37.8. The maximum absolute atomic E-state index is 13.8. The Labute approximate surface area is 330 Å². The first-order valence-electron chi connectivity index (χ1n) is 20.3. The van der Waals surface area contributed by atoms with Crippen molar-refractivity contribution in [2.24, 2.45) is 0 Å². The molecule has 56 heavy (non-hydrogen) atoms. The summed E-state index contributed by atoms with van der Waals surface area (Å²) < 4.78 is 16.8. The van der Waals surface area contributed by atoms with Gasteiger partial charge in [0.15, 0.2) is 5.65 Å². The van der Waals surface area contributed by atoms with Crippen LogP contribution in [0.15, 0.2) is 72.9 Å². The standard InChI is InChI=1S/C43H56N10O3/c1-30-11-8-9-20-51(30)42-47-46-39-19-16-33(29-52(39)42)56-37-18-17-36(34-14-6-7-15-35(34)37)44-41(54)45-40-28-38(43(2,3)4)48-53(40)31-12-10-13-32(27-31)55-26-25-50-23-21-49(5)22-24-50/h6-7,10,12-16,19,27-30,36-37H,8-9,11,17-18,20-26H2,1-5H3,(H2,44,45,54)/t30?,36-,37+/m0/s1. The lowest BCUT2D eigenvalue weighted by Crippen LogP contribution is -2.45. The number of pyridine rings is 1. The summed E-state index contributed by atoms with van der Waals surface area (Å²) in [6.45, 7) is 15.4. The number of amides is 2. The van der Waals surface area contributed by atoms with Crippen LogP contribution in [-0.2, 0) is 5.41 Å². The number of ether oxygens (including phenoxy) is 2. The number of hydrogen-bond donors (Lipinski definition) is 2. The van der Waals surface area contributed by atoms with Crippen LogP contribution in [0.3, 0.4) is 0 Å². The molecule has 2 N–H and O–H groups in total. The first-order chi connectivity index (χ1) is 27.1. The zero-order valence-electron chi connectivity index (χ0n) is 33.4. The molecule has 3 aliphatic rings. The van der Waals surface area contributed by atoms with Crippen LogP contribution < -0.4 is 25.0 Å². The highest BCUT2D eigenvalue weighted by Crippen LogP contribution is 2.39. The van der Waals surface area contributed by atoms with Crippen molar-refractivity contribution in [1.82, 2.24) is 39.5 Å². The van der Waals surface area contributed by atoms with Gasteiger partial charge in [-0.1, -0.05) is 51.1 Å². The molecule has 1 unspecified atom stereocenters. The van der Waals surface area contributed by atoms with E-state index >= 15 is 0 Å². The summed E-state index contributed by atoms with van der Waals surface area (Å²) in [7, 11) is 2.17. The normalized spacial score (nSPS) is 20.8. The van der Waals surface area contributed by atoms with E-state index < -0.39 is 0 Å². The van der Waals surface area contributed by atoms with Crippen molar-refractivity contribution in [3.05, 3.63) is 89.7 Å². The van der Waals surface area contributed by atoms with Crippen LogP contribution in [0.1, 0.15) is 88.8 Å². The molecule has 2 aliphatic heterocycles. The highest BCUT2D eigenvalue weighted by molar-refractivity contribution is 5.89. The fourth-order valence-corrected chi connectivity index (χ4v) is 8.12. The Morgan fingerprint density at radius 2 is 1.70 bits per heavy atom. The molecule has 0 spiro atoms. The predicted octanol–water partition coefficient (Wildman–Crippen LogP) is 6.99. The smallest absolute Gasteiger partial charge is 0.320 e. The molecule has 296 valence electrons. The third-order valence-corrected chi connectivity index (χ3v) is 11.5. The van der Waals surface area contributed by atoms with E-state index in [0.29, 0.717) is 18.5 Å². The minimum absolute atomic E-state index is 0.162. The zero-order chi connectivity index (χ0) is 38.8. The van der Waals surface area contributed by atoms with E-state index in [9.17, 15) is 4.79 Å². The molecular formula is C43H56N10O3. The molecule has 3 atom stereocenters. The van der Waals surface area contributed by atoms with Crippen molar-refractivity contribution in [3.8, 4) is 17.2 Å². The molecule has 3 aromatic heterocycles. The van der Waals surface area contributed by atoms with E-state index in [0.717, 1.165) is 111 Å². The van der Waals surface area contributed by atoms with Crippen molar-refractivity contribution in [3.63, 3.8) is 0 Å². The second kappa shape index (κ2) is 16.1. The molecule has 5 aromatic rings. The lowest BCUT2D eigenvalue weighted by atomic mass is 9.85. The molecule has 2 fully saturated rings. The minimum atomic E-state index is -0.289. The average Bonchev–Trinajstić information content (AvgIpc) is 3.82. The van der Waals surface area contributed by atoms with Crippen LogP contribution >= 0.6 is 0 Å². The molecule has 8 rings (SSSR count). The van der Waals surface area contributed by atoms with Crippen LogP contribution in [0.25, 0.3) is 11.3 Å². The molecule has 13 heteroatoms. The van der Waals surface area contributed by atoms with E-state index in [2.05, 4.69) is 86.8 Å². The van der Waals surface area contributed by atoms with E-state index in [1.54, 1.807) is 4.68 Å². The maximum Gasteiger partial charge on any atom is 0.320 e. The largest absolute Gasteiger partial charge is 0.492 e. The minimum Gasteiger partial charge on any atom is -0.492 e. The number of fused-ring (bicyclic) bond motifs is 2. The van der Waals surface area contributed by atoms with Gasteiger partial charge in [-0.3, -0.25) is 14.6 Å². The number of hydrogen-bond acceptors (Lipinski definition) is 9. The number of rotatable bonds is 10. The topological polar surface area (TPSA) is 117 Å². The van der Waals surface area contributed by atoms with Gasteiger partial charge in [-0.15, -0.1) is 10.2 Å². The third kappa shape index (κ3) is 8.34. The van der Waals surface area contributed by atoms with E-state index in [1.165, 1.54) is 6.42 Å². The van der Waals surface area contributed by atoms with Crippen LogP contribution in [0.2, 0.25) is 0 Å². The maximum atomic E-state index is 13.8. The monoisotopic (exact) mass is 760 g/mol. The first-order valence-corrected chi connectivity index (χ1v) is 20.3. The number of likely N-dealkylation sites (N-methyl/N-ethyl adjacent to an activating group) is 1. The number of aromatic nitrogens is 5. The summed E-state index contributed by atoms with van der Waals surface area (Å²) in [5.74, 6) is 2.99. The van der Waals surface area contributed by atoms with Crippen molar-refractivity contribution < 1.29 is 14.3 Å². The molecule has 5 heterocycles. The Balaban J connectivity index is 0.953. The van der Waals surface area contributed by atoms with E-state index in [1.807, 2.05) is 60.8 Å². The highest BCUT2D eigenvalue weighted by atomic mass is 16.5. The quantitative estimate of drug-likeness (QED) is 0.155. The molecular weight excluding hydrogens is 705 g/mol. The number of piperazine rings is 1. The molecule has 2 amide bonds. The molecule has 13 nitrogen and oxygen atoms in total. The fourth-order valence-electron chi connectivity index (χ4n) is 8.12. The van der Waals surface area contributed by atoms with Crippen LogP contribution in [0, 0.1) is 0 Å². The number of anilines is 2. The van der Waals surface area contributed by atoms with Gasteiger partial charge in [0.05, 0.1) is 23.6 Å². The Kier molecular flexibility index (Phi) is 10.9. The summed E-state index contributed by atoms with van der Waals surface area (Å²) >= 11 is 0. The van der Waals surface area contributed by atoms with Crippen LogP contribution in [0.4, 0.5) is 16.6 Å². The molecule has 1 aliphatic carbocycles. The third-order valence-electron chi connectivity index (χ3n) is 11.5. The number of nitrogens with one attached hydrogen (secondary N) is 2. The van der Waals surface area contributed by atoms with Gasteiger partial charge in [-0.05, 0) is 81.5 Å². The summed E-state index contributed by atoms with van der Waals surface area (Å²) in [4.78, 5) is 21.0. The average molecular weight is 761 g/mol. The van der Waals surface area contributed by atoms with Gasteiger partial charge in [-0.25, -0.2) is 9.48 Å². The van der Waals surface area contributed by atoms with Crippen molar-refractivity contribution >= 4 is 23.4 Å². The van der Waals surface area contributed by atoms with Crippen molar-refractivity contribution in [2.75, 3.05) is 63.1 Å². The van der Waals surface area contributed by atoms with E-state index in [4.69, 9.17) is 14.6 Å². The Morgan fingerprint density at radius 3 is 2.50 bits per heavy atom. The Hall–Kier alpha value is -5.14. The number of carbonyl (C=O) groups is 1. The number of piperidine rings is 1. The van der Waals surface area contributed by atoms with Crippen molar-refractivity contribution in [2.45, 2.75) is 83.4 Å².